The molecule has 0 fully saturated rings. The average Bonchev–Trinajstić information content (AvgIpc) is 2.30. The maximum Gasteiger partial charge on any atom is 0.154 e. The van der Waals surface area contributed by atoms with Crippen LogP contribution in [0.1, 0.15) is 5.69 Å². The van der Waals surface area contributed by atoms with Crippen LogP contribution in [0.4, 0.5) is 0 Å². The minimum absolute atomic E-state index is 0.511. The summed E-state index contributed by atoms with van der Waals surface area (Å²) in [6.07, 6.45) is 1.67. The van der Waals surface area contributed by atoms with Gasteiger partial charge in [-0.15, -0.1) is 0 Å². The lowest BCUT2D eigenvalue weighted by molar-refractivity contribution is 0.897. The van der Waals surface area contributed by atoms with E-state index in [1.165, 1.54) is 0 Å². The smallest absolute Gasteiger partial charge is 0.154 e. The van der Waals surface area contributed by atoms with Crippen molar-refractivity contribution in [2.24, 2.45) is 7.05 Å². The molecule has 0 N–H and O–H groups in total. The van der Waals surface area contributed by atoms with Gasteiger partial charge < -0.3 is 4.57 Å². The Bertz CT molecular complexity index is 260. The van der Waals surface area contributed by atoms with Gasteiger partial charge in [0.05, 0.1) is 12.0 Å². The fourth-order valence-electron chi connectivity index (χ4n) is 0.860. The largest absolute Gasteiger partial charge is 0.333 e. The van der Waals surface area contributed by atoms with Crippen LogP contribution in [-0.2, 0) is 7.05 Å². The van der Waals surface area contributed by atoms with Gasteiger partial charge in [-0.3, -0.25) is 0 Å². The zero-order chi connectivity index (χ0) is 8.43. The van der Waals surface area contributed by atoms with Crippen LogP contribution in [0.5, 0.6) is 0 Å². The number of halogens is 2. The van der Waals surface area contributed by atoms with E-state index in [-0.39, 0.29) is 0 Å². The normalized spacial score (nSPS) is 10.1. The highest BCUT2D eigenvalue weighted by atomic mass is 79.9. The molecular formula is C7H8BrClN2. The molecule has 0 bridgehead atoms. The van der Waals surface area contributed by atoms with E-state index in [0.29, 0.717) is 10.5 Å². The average molecular weight is 236 g/mol. The number of rotatable bonds is 2. The Morgan fingerprint density at radius 2 is 2.55 bits per heavy atom. The Morgan fingerprint density at radius 3 is 2.91 bits per heavy atom. The molecule has 0 atom stereocenters. The summed E-state index contributed by atoms with van der Waals surface area (Å²) in [6.45, 7) is 3.85. The summed E-state index contributed by atoms with van der Waals surface area (Å²) in [5, 5.41) is 1.23. The highest BCUT2D eigenvalue weighted by molar-refractivity contribution is 9.09. The van der Waals surface area contributed by atoms with Crippen LogP contribution in [0, 0.1) is 0 Å². The molecule has 0 unspecified atom stereocenters. The molecule has 0 saturated carbocycles. The standard InChI is InChI=1S/C7H8BrClN2/c1-5(3-8)6-7(9)10-4-11(6)2/h4H,1,3H2,2H3. The van der Waals surface area contributed by atoms with Crippen molar-refractivity contribution < 1.29 is 0 Å². The SMILES string of the molecule is C=C(CBr)c1c(Cl)ncn1C. The second kappa shape index (κ2) is 3.41. The van der Waals surface area contributed by atoms with Gasteiger partial charge in [0.15, 0.2) is 5.15 Å². The lowest BCUT2D eigenvalue weighted by Crippen LogP contribution is -1.94. The number of hydrogen-bond donors (Lipinski definition) is 0. The van der Waals surface area contributed by atoms with Crippen molar-refractivity contribution in [3.8, 4) is 0 Å². The molecule has 4 heteroatoms. The van der Waals surface area contributed by atoms with Gasteiger partial charge >= 0.3 is 0 Å². The number of nitrogens with zero attached hydrogens (tertiary/aromatic N) is 2. The molecule has 0 aromatic carbocycles. The molecule has 60 valence electrons. The van der Waals surface area contributed by atoms with Crippen LogP contribution in [0.25, 0.3) is 5.57 Å². The fourth-order valence-corrected chi connectivity index (χ4v) is 1.44. The number of aryl methyl sites for hydroxylation is 1. The zero-order valence-electron chi connectivity index (χ0n) is 6.14. The van der Waals surface area contributed by atoms with Gasteiger partial charge in [-0.05, 0) is 5.57 Å². The van der Waals surface area contributed by atoms with Gasteiger partial charge in [-0.1, -0.05) is 34.1 Å². The Labute approximate surface area is 79.0 Å². The third-order valence-electron chi connectivity index (χ3n) is 1.39. The van der Waals surface area contributed by atoms with Crippen LogP contribution < -0.4 is 0 Å². The summed E-state index contributed by atoms with van der Waals surface area (Å²) in [6, 6.07) is 0. The minimum atomic E-state index is 0.511. The van der Waals surface area contributed by atoms with Gasteiger partial charge in [-0.25, -0.2) is 4.98 Å². The lowest BCUT2D eigenvalue weighted by atomic mass is 10.3. The van der Waals surface area contributed by atoms with Crippen molar-refractivity contribution in [3.63, 3.8) is 0 Å². The van der Waals surface area contributed by atoms with Crippen LogP contribution in [-0.4, -0.2) is 14.9 Å². The number of imidazole rings is 1. The number of alkyl halides is 1. The van der Waals surface area contributed by atoms with Crippen molar-refractivity contribution in [1.82, 2.24) is 9.55 Å². The predicted molar refractivity (Wildman–Crippen MR) is 51.0 cm³/mol. The molecule has 1 aromatic heterocycles. The Morgan fingerprint density at radius 1 is 1.91 bits per heavy atom. The first-order valence-corrected chi connectivity index (χ1v) is 4.57. The summed E-state index contributed by atoms with van der Waals surface area (Å²) >= 11 is 9.11. The van der Waals surface area contributed by atoms with Crippen LogP contribution >= 0.6 is 27.5 Å². The van der Waals surface area contributed by atoms with Gasteiger partial charge in [0, 0.05) is 12.4 Å². The van der Waals surface area contributed by atoms with Gasteiger partial charge in [0.1, 0.15) is 0 Å². The van der Waals surface area contributed by atoms with E-state index in [1.807, 2.05) is 11.6 Å². The number of aromatic nitrogens is 2. The minimum Gasteiger partial charge on any atom is -0.333 e. The summed E-state index contributed by atoms with van der Waals surface area (Å²) in [5.41, 5.74) is 1.83. The van der Waals surface area contributed by atoms with Crippen molar-refractivity contribution in [1.29, 1.82) is 0 Å². The Hall–Kier alpha value is -0.280. The molecule has 0 aliphatic heterocycles. The summed E-state index contributed by atoms with van der Waals surface area (Å²) in [7, 11) is 1.89. The Kier molecular flexibility index (Phi) is 2.73. The zero-order valence-corrected chi connectivity index (χ0v) is 8.48. The van der Waals surface area contributed by atoms with E-state index >= 15 is 0 Å². The highest BCUT2D eigenvalue weighted by Gasteiger charge is 2.08. The van der Waals surface area contributed by atoms with Crippen LogP contribution in [0.2, 0.25) is 5.15 Å². The van der Waals surface area contributed by atoms with E-state index < -0.39 is 0 Å². The van der Waals surface area contributed by atoms with Gasteiger partial charge in [0.25, 0.3) is 0 Å². The second-order valence-electron chi connectivity index (χ2n) is 2.23. The summed E-state index contributed by atoms with van der Waals surface area (Å²) < 4.78 is 1.85. The monoisotopic (exact) mass is 234 g/mol. The van der Waals surface area contributed by atoms with Crippen LogP contribution in [0.3, 0.4) is 0 Å². The van der Waals surface area contributed by atoms with Gasteiger partial charge in [-0.2, -0.15) is 0 Å². The van der Waals surface area contributed by atoms with E-state index in [4.69, 9.17) is 11.6 Å². The van der Waals surface area contributed by atoms with E-state index in [0.717, 1.165) is 11.3 Å². The lowest BCUT2D eigenvalue weighted by Gasteiger charge is -2.01. The first kappa shape index (κ1) is 8.81. The molecule has 0 saturated heterocycles. The second-order valence-corrected chi connectivity index (χ2v) is 3.15. The van der Waals surface area contributed by atoms with Gasteiger partial charge in [0.2, 0.25) is 0 Å². The number of allylic oxidation sites excluding steroid dienone is 1. The molecule has 1 rings (SSSR count). The first-order valence-electron chi connectivity index (χ1n) is 3.07. The van der Waals surface area contributed by atoms with Crippen molar-refractivity contribution in [3.05, 3.63) is 23.8 Å². The van der Waals surface area contributed by atoms with Crippen molar-refractivity contribution in [2.45, 2.75) is 0 Å². The summed E-state index contributed by atoms with van der Waals surface area (Å²) in [5.74, 6) is 0. The third kappa shape index (κ3) is 1.65. The van der Waals surface area contributed by atoms with Crippen molar-refractivity contribution in [2.75, 3.05) is 5.33 Å². The topological polar surface area (TPSA) is 17.8 Å². The fraction of sp³-hybridized carbons (Fsp3) is 0.286. The molecule has 1 heterocycles. The number of hydrogen-bond acceptors (Lipinski definition) is 1. The molecule has 11 heavy (non-hydrogen) atoms. The predicted octanol–water partition coefficient (Wildman–Crippen LogP) is 2.48. The van der Waals surface area contributed by atoms with E-state index in [2.05, 4.69) is 27.5 Å². The summed E-state index contributed by atoms with van der Waals surface area (Å²) in [4.78, 5) is 3.93. The first-order chi connectivity index (χ1) is 5.16. The van der Waals surface area contributed by atoms with Crippen LogP contribution in [0.15, 0.2) is 12.9 Å². The molecule has 0 aliphatic carbocycles. The third-order valence-corrected chi connectivity index (χ3v) is 2.34. The molecule has 0 amide bonds. The maximum absolute atomic E-state index is 5.81. The maximum atomic E-state index is 5.81. The van der Waals surface area contributed by atoms with E-state index in [9.17, 15) is 0 Å². The molecule has 0 aliphatic rings. The highest BCUT2D eigenvalue weighted by Crippen LogP contribution is 2.21. The molecule has 2 nitrogen and oxygen atoms in total. The molecule has 0 spiro atoms. The van der Waals surface area contributed by atoms with E-state index in [1.54, 1.807) is 6.33 Å². The quantitative estimate of drug-likeness (QED) is 0.720. The van der Waals surface area contributed by atoms with Crippen molar-refractivity contribution >= 4 is 33.1 Å². The molecular weight excluding hydrogens is 227 g/mol. The molecule has 0 radical (unpaired) electrons. The molecule has 1 aromatic rings. The Balaban J connectivity index is 3.10.